The highest BCUT2D eigenvalue weighted by Crippen LogP contribution is 2.32. The van der Waals surface area contributed by atoms with E-state index in [1.54, 1.807) is 13.2 Å². The van der Waals surface area contributed by atoms with Crippen molar-refractivity contribution in [2.24, 2.45) is 0 Å². The summed E-state index contributed by atoms with van der Waals surface area (Å²) < 4.78 is 5.03. The van der Waals surface area contributed by atoms with Crippen LogP contribution in [0.4, 0.5) is 0 Å². The molecule has 0 amide bonds. The fourth-order valence-electron chi connectivity index (χ4n) is 2.10. The Hall–Kier alpha value is -1.26. The summed E-state index contributed by atoms with van der Waals surface area (Å²) in [6.07, 6.45) is 3.16. The van der Waals surface area contributed by atoms with Gasteiger partial charge in [-0.1, -0.05) is 6.07 Å². The number of aliphatic hydroxyl groups is 1. The number of aliphatic hydroxyl groups excluding tert-OH is 1. The number of hydrogen-bond acceptors (Lipinski definition) is 4. The van der Waals surface area contributed by atoms with Crippen LogP contribution in [0.2, 0.25) is 0 Å². The maximum atomic E-state index is 9.80. The first-order chi connectivity index (χ1) is 8.19. The van der Waals surface area contributed by atoms with E-state index in [0.717, 1.165) is 24.8 Å². The normalized spacial score (nSPS) is 17.5. The average molecular weight is 237 g/mol. The molecule has 1 aliphatic carbocycles. The summed E-state index contributed by atoms with van der Waals surface area (Å²) in [5.41, 5.74) is 0.692. The molecule has 0 aromatic heterocycles. The Morgan fingerprint density at radius 3 is 2.65 bits per heavy atom. The SMILES string of the molecule is COc1ccc(CNC2(CO)CCC2)c(O)c1. The van der Waals surface area contributed by atoms with Gasteiger partial charge in [0.05, 0.1) is 13.7 Å². The lowest BCUT2D eigenvalue weighted by molar-refractivity contribution is 0.0870. The lowest BCUT2D eigenvalue weighted by Gasteiger charge is -2.41. The monoisotopic (exact) mass is 237 g/mol. The number of ether oxygens (including phenoxy) is 1. The fraction of sp³-hybridized carbons (Fsp3) is 0.538. The van der Waals surface area contributed by atoms with Crippen molar-refractivity contribution in [2.45, 2.75) is 31.3 Å². The van der Waals surface area contributed by atoms with Crippen LogP contribution in [0.5, 0.6) is 11.5 Å². The molecule has 0 saturated heterocycles. The second kappa shape index (κ2) is 4.94. The summed E-state index contributed by atoms with van der Waals surface area (Å²) >= 11 is 0. The second-order valence-corrected chi connectivity index (χ2v) is 4.64. The molecule has 0 aliphatic heterocycles. The highest BCUT2D eigenvalue weighted by atomic mass is 16.5. The molecule has 0 radical (unpaired) electrons. The third kappa shape index (κ3) is 2.53. The first-order valence-electron chi connectivity index (χ1n) is 5.91. The molecule has 94 valence electrons. The van der Waals surface area contributed by atoms with Gasteiger partial charge in [-0.25, -0.2) is 0 Å². The fourth-order valence-corrected chi connectivity index (χ4v) is 2.10. The van der Waals surface area contributed by atoms with E-state index in [4.69, 9.17) is 4.74 Å². The summed E-state index contributed by atoms with van der Waals surface area (Å²) in [6.45, 7) is 0.723. The van der Waals surface area contributed by atoms with Gasteiger partial charge in [-0.15, -0.1) is 0 Å². The van der Waals surface area contributed by atoms with Crippen molar-refractivity contribution in [3.05, 3.63) is 23.8 Å². The zero-order valence-corrected chi connectivity index (χ0v) is 10.1. The van der Waals surface area contributed by atoms with Crippen molar-refractivity contribution >= 4 is 0 Å². The van der Waals surface area contributed by atoms with Crippen molar-refractivity contribution in [3.63, 3.8) is 0 Å². The molecule has 17 heavy (non-hydrogen) atoms. The van der Waals surface area contributed by atoms with Crippen molar-refractivity contribution in [2.75, 3.05) is 13.7 Å². The van der Waals surface area contributed by atoms with Gasteiger partial charge in [-0.2, -0.15) is 0 Å². The van der Waals surface area contributed by atoms with Gasteiger partial charge in [-0.3, -0.25) is 0 Å². The molecule has 0 unspecified atom stereocenters. The van der Waals surface area contributed by atoms with Crippen LogP contribution in [0.1, 0.15) is 24.8 Å². The Morgan fingerprint density at radius 2 is 2.18 bits per heavy atom. The van der Waals surface area contributed by atoms with E-state index in [0.29, 0.717) is 12.3 Å². The highest BCUT2D eigenvalue weighted by molar-refractivity contribution is 5.39. The van der Waals surface area contributed by atoms with Crippen molar-refractivity contribution in [1.29, 1.82) is 0 Å². The maximum absolute atomic E-state index is 9.80. The van der Waals surface area contributed by atoms with E-state index in [1.807, 2.05) is 12.1 Å². The third-order valence-corrected chi connectivity index (χ3v) is 3.56. The minimum absolute atomic E-state index is 0.133. The summed E-state index contributed by atoms with van der Waals surface area (Å²) in [7, 11) is 1.57. The van der Waals surface area contributed by atoms with Gasteiger partial charge in [0.1, 0.15) is 11.5 Å². The summed E-state index contributed by atoms with van der Waals surface area (Å²) in [6, 6.07) is 5.26. The van der Waals surface area contributed by atoms with E-state index in [-0.39, 0.29) is 17.9 Å². The Balaban J connectivity index is 1.99. The number of benzene rings is 1. The smallest absolute Gasteiger partial charge is 0.123 e. The number of rotatable bonds is 5. The van der Waals surface area contributed by atoms with Crippen molar-refractivity contribution in [3.8, 4) is 11.5 Å². The second-order valence-electron chi connectivity index (χ2n) is 4.64. The number of phenols is 1. The molecule has 1 aromatic carbocycles. The maximum Gasteiger partial charge on any atom is 0.123 e. The van der Waals surface area contributed by atoms with Crippen LogP contribution >= 0.6 is 0 Å². The topological polar surface area (TPSA) is 61.7 Å². The number of aromatic hydroxyl groups is 1. The molecular formula is C13H19NO3. The molecule has 4 heteroatoms. The Kier molecular flexibility index (Phi) is 3.54. The standard InChI is InChI=1S/C13H19NO3/c1-17-11-4-3-10(12(16)7-11)8-14-13(9-15)5-2-6-13/h3-4,7,14-16H,2,5-6,8-9H2,1H3. The van der Waals surface area contributed by atoms with E-state index in [2.05, 4.69) is 5.32 Å². The predicted octanol–water partition coefficient (Wildman–Crippen LogP) is 1.41. The van der Waals surface area contributed by atoms with Crippen LogP contribution in [-0.4, -0.2) is 29.5 Å². The third-order valence-electron chi connectivity index (χ3n) is 3.56. The molecule has 0 heterocycles. The predicted molar refractivity (Wildman–Crippen MR) is 65.2 cm³/mol. The van der Waals surface area contributed by atoms with Crippen LogP contribution in [0.3, 0.4) is 0 Å². The van der Waals surface area contributed by atoms with Crippen LogP contribution in [0, 0.1) is 0 Å². The molecule has 1 aliphatic rings. The number of methoxy groups -OCH3 is 1. The van der Waals surface area contributed by atoms with Gasteiger partial charge >= 0.3 is 0 Å². The lowest BCUT2D eigenvalue weighted by Crippen LogP contribution is -2.53. The van der Waals surface area contributed by atoms with Gasteiger partial charge < -0.3 is 20.3 Å². The largest absolute Gasteiger partial charge is 0.507 e. The molecule has 1 aromatic rings. The van der Waals surface area contributed by atoms with Gasteiger partial charge in [0.25, 0.3) is 0 Å². The van der Waals surface area contributed by atoms with Gasteiger partial charge in [-0.05, 0) is 25.3 Å². The molecular weight excluding hydrogens is 218 g/mol. The Morgan fingerprint density at radius 1 is 1.41 bits per heavy atom. The van der Waals surface area contributed by atoms with Crippen molar-refractivity contribution < 1.29 is 14.9 Å². The van der Waals surface area contributed by atoms with Crippen LogP contribution in [0.15, 0.2) is 18.2 Å². The highest BCUT2D eigenvalue weighted by Gasteiger charge is 2.35. The van der Waals surface area contributed by atoms with Crippen LogP contribution in [-0.2, 0) is 6.54 Å². The van der Waals surface area contributed by atoms with E-state index in [9.17, 15) is 10.2 Å². The zero-order chi connectivity index (χ0) is 12.3. The minimum atomic E-state index is -0.133. The molecule has 0 bridgehead atoms. The molecule has 2 rings (SSSR count). The molecule has 3 N–H and O–H groups in total. The van der Waals surface area contributed by atoms with Crippen LogP contribution in [0.25, 0.3) is 0 Å². The van der Waals surface area contributed by atoms with Gasteiger partial charge in [0, 0.05) is 23.7 Å². The first kappa shape index (κ1) is 12.2. The zero-order valence-electron chi connectivity index (χ0n) is 10.1. The first-order valence-corrected chi connectivity index (χ1v) is 5.91. The molecule has 0 atom stereocenters. The summed E-state index contributed by atoms with van der Waals surface area (Å²) in [5, 5.41) is 22.4. The molecule has 0 spiro atoms. The lowest BCUT2D eigenvalue weighted by atomic mass is 9.77. The Labute approximate surface area is 101 Å². The average Bonchev–Trinajstić information content (AvgIpc) is 2.30. The van der Waals surface area contributed by atoms with Gasteiger partial charge in [0.15, 0.2) is 0 Å². The number of hydrogen-bond donors (Lipinski definition) is 3. The van der Waals surface area contributed by atoms with Crippen molar-refractivity contribution in [1.82, 2.24) is 5.32 Å². The van der Waals surface area contributed by atoms with Gasteiger partial charge in [0.2, 0.25) is 0 Å². The summed E-state index contributed by atoms with van der Waals surface area (Å²) in [5.74, 6) is 0.871. The van der Waals surface area contributed by atoms with E-state index < -0.39 is 0 Å². The molecule has 1 fully saturated rings. The molecule has 1 saturated carbocycles. The number of phenolic OH excluding ortho intramolecular Hbond substituents is 1. The quantitative estimate of drug-likeness (QED) is 0.724. The van der Waals surface area contributed by atoms with E-state index >= 15 is 0 Å². The molecule has 4 nitrogen and oxygen atoms in total. The van der Waals surface area contributed by atoms with E-state index in [1.165, 1.54) is 0 Å². The Bertz CT molecular complexity index is 383. The number of nitrogens with one attached hydrogen (secondary N) is 1. The minimum Gasteiger partial charge on any atom is -0.507 e. The summed E-state index contributed by atoms with van der Waals surface area (Å²) in [4.78, 5) is 0. The van der Waals surface area contributed by atoms with Crippen LogP contribution < -0.4 is 10.1 Å².